The molecule has 1 amide bonds. The number of carbonyl (C=O) groups excluding carboxylic acids is 1. The van der Waals surface area contributed by atoms with Crippen molar-refractivity contribution in [2.75, 3.05) is 43.6 Å². The van der Waals surface area contributed by atoms with Crippen LogP contribution in [0.5, 0.6) is 5.75 Å². The van der Waals surface area contributed by atoms with Gasteiger partial charge in [0.2, 0.25) is 5.91 Å². The summed E-state index contributed by atoms with van der Waals surface area (Å²) in [4.78, 5) is 15.8. The van der Waals surface area contributed by atoms with Gasteiger partial charge in [-0.25, -0.2) is 0 Å². The van der Waals surface area contributed by atoms with E-state index in [-0.39, 0.29) is 5.91 Å². The molecule has 2 aliphatic rings. The lowest BCUT2D eigenvalue weighted by Crippen LogP contribution is -2.39. The fourth-order valence-electron chi connectivity index (χ4n) is 4.45. The average molecular weight is 380 g/mol. The molecule has 5 heteroatoms. The van der Waals surface area contributed by atoms with Crippen molar-refractivity contribution in [3.05, 3.63) is 54.1 Å². The Bertz CT molecular complexity index is 810. The van der Waals surface area contributed by atoms with Gasteiger partial charge in [-0.15, -0.1) is 0 Å². The molecule has 28 heavy (non-hydrogen) atoms. The Hall–Kier alpha value is -2.53. The van der Waals surface area contributed by atoms with Crippen LogP contribution in [0.4, 0.5) is 11.4 Å². The first-order valence-electron chi connectivity index (χ1n) is 10.1. The zero-order valence-corrected chi connectivity index (χ0v) is 16.4. The molecule has 1 saturated carbocycles. The lowest BCUT2D eigenvalue weighted by molar-refractivity contribution is -0.121. The molecule has 4 rings (SSSR count). The lowest BCUT2D eigenvalue weighted by atomic mass is 9.78. The van der Waals surface area contributed by atoms with Crippen LogP contribution in [0.2, 0.25) is 0 Å². The first kappa shape index (κ1) is 18.8. The highest BCUT2D eigenvalue weighted by atomic mass is 16.5. The highest BCUT2D eigenvalue weighted by Crippen LogP contribution is 2.43. The summed E-state index contributed by atoms with van der Waals surface area (Å²) < 4.78 is 10.9. The number of benzene rings is 2. The van der Waals surface area contributed by atoms with Crippen molar-refractivity contribution in [2.24, 2.45) is 0 Å². The molecule has 1 N–H and O–H groups in total. The van der Waals surface area contributed by atoms with E-state index in [2.05, 4.69) is 22.3 Å². The van der Waals surface area contributed by atoms with Crippen molar-refractivity contribution in [3.8, 4) is 5.75 Å². The smallest absolute Gasteiger partial charge is 0.235 e. The van der Waals surface area contributed by atoms with Crippen molar-refractivity contribution in [3.63, 3.8) is 0 Å². The number of morpholine rings is 1. The van der Waals surface area contributed by atoms with E-state index in [1.807, 2.05) is 36.4 Å². The Balaban J connectivity index is 1.66. The number of nitrogens with one attached hydrogen (secondary N) is 1. The van der Waals surface area contributed by atoms with E-state index in [0.29, 0.717) is 13.2 Å². The zero-order valence-electron chi connectivity index (χ0n) is 16.4. The predicted molar refractivity (Wildman–Crippen MR) is 111 cm³/mol. The number of anilines is 2. The fourth-order valence-corrected chi connectivity index (χ4v) is 4.45. The van der Waals surface area contributed by atoms with Gasteiger partial charge in [0.25, 0.3) is 0 Å². The van der Waals surface area contributed by atoms with E-state index in [9.17, 15) is 4.79 Å². The molecule has 0 atom stereocenters. The normalized spacial score (nSPS) is 18.7. The summed E-state index contributed by atoms with van der Waals surface area (Å²) in [5.41, 5.74) is 2.50. The van der Waals surface area contributed by atoms with Crippen LogP contribution in [0, 0.1) is 0 Å². The third kappa shape index (κ3) is 3.59. The lowest BCUT2D eigenvalue weighted by Gasteiger charge is -2.33. The van der Waals surface area contributed by atoms with E-state index in [0.717, 1.165) is 61.5 Å². The molecule has 1 heterocycles. The van der Waals surface area contributed by atoms with Crippen LogP contribution in [0.1, 0.15) is 31.2 Å². The minimum Gasteiger partial charge on any atom is -0.497 e. The molecular formula is C23H28N2O3. The molecule has 2 fully saturated rings. The number of amides is 1. The van der Waals surface area contributed by atoms with Gasteiger partial charge in [-0.05, 0) is 30.5 Å². The fraction of sp³-hybridized carbons (Fsp3) is 0.435. The second-order valence-electron chi connectivity index (χ2n) is 7.59. The molecular weight excluding hydrogens is 352 g/mol. The SMILES string of the molecule is COc1ccc(N2CCOCC2)c(NC(=O)C2(c3ccccc3)CCCC2)c1. The number of hydrogen-bond donors (Lipinski definition) is 1. The van der Waals surface area contributed by atoms with E-state index in [1.165, 1.54) is 0 Å². The van der Waals surface area contributed by atoms with Gasteiger partial charge in [0.1, 0.15) is 5.75 Å². The van der Waals surface area contributed by atoms with Crippen molar-refractivity contribution >= 4 is 17.3 Å². The molecule has 1 saturated heterocycles. The van der Waals surface area contributed by atoms with Crippen LogP contribution in [0.3, 0.4) is 0 Å². The van der Waals surface area contributed by atoms with E-state index < -0.39 is 5.41 Å². The van der Waals surface area contributed by atoms with Gasteiger partial charge < -0.3 is 19.7 Å². The average Bonchev–Trinajstić information content (AvgIpc) is 3.26. The van der Waals surface area contributed by atoms with Crippen LogP contribution in [-0.4, -0.2) is 39.3 Å². The maximum absolute atomic E-state index is 13.6. The largest absolute Gasteiger partial charge is 0.497 e. The monoisotopic (exact) mass is 380 g/mol. The molecule has 0 bridgehead atoms. The third-order valence-electron chi connectivity index (χ3n) is 6.02. The van der Waals surface area contributed by atoms with Crippen molar-refractivity contribution in [1.82, 2.24) is 0 Å². The Morgan fingerprint density at radius 2 is 1.79 bits per heavy atom. The second kappa shape index (κ2) is 8.23. The Morgan fingerprint density at radius 1 is 1.07 bits per heavy atom. The molecule has 148 valence electrons. The Labute approximate surface area is 166 Å². The standard InChI is InChI=1S/C23H28N2O3/c1-27-19-9-10-21(25-13-15-28-16-14-25)20(17-19)24-22(26)23(11-5-6-12-23)18-7-3-2-4-8-18/h2-4,7-10,17H,5-6,11-16H2,1H3,(H,24,26). The van der Waals surface area contributed by atoms with Crippen LogP contribution in [-0.2, 0) is 14.9 Å². The predicted octanol–water partition coefficient (Wildman–Crippen LogP) is 3.98. The highest BCUT2D eigenvalue weighted by Gasteiger charge is 2.42. The first-order valence-corrected chi connectivity index (χ1v) is 10.1. The summed E-state index contributed by atoms with van der Waals surface area (Å²) in [5, 5.41) is 3.26. The maximum Gasteiger partial charge on any atom is 0.235 e. The van der Waals surface area contributed by atoms with Crippen LogP contribution < -0.4 is 15.0 Å². The molecule has 2 aromatic carbocycles. The first-order chi connectivity index (χ1) is 13.7. The summed E-state index contributed by atoms with van der Waals surface area (Å²) in [6.07, 6.45) is 3.94. The van der Waals surface area contributed by atoms with E-state index in [4.69, 9.17) is 9.47 Å². The summed E-state index contributed by atoms with van der Waals surface area (Å²) >= 11 is 0. The molecule has 0 aromatic heterocycles. The number of ether oxygens (including phenoxy) is 2. The maximum atomic E-state index is 13.6. The van der Waals surface area contributed by atoms with Gasteiger partial charge in [0, 0.05) is 19.2 Å². The van der Waals surface area contributed by atoms with Crippen LogP contribution in [0.25, 0.3) is 0 Å². The molecule has 1 aliphatic carbocycles. The topological polar surface area (TPSA) is 50.8 Å². The van der Waals surface area contributed by atoms with E-state index in [1.54, 1.807) is 7.11 Å². The van der Waals surface area contributed by atoms with Crippen LogP contribution >= 0.6 is 0 Å². The Morgan fingerprint density at radius 3 is 2.46 bits per heavy atom. The minimum atomic E-state index is -0.452. The van der Waals surface area contributed by atoms with Crippen LogP contribution in [0.15, 0.2) is 48.5 Å². The summed E-state index contributed by atoms with van der Waals surface area (Å²) in [6, 6.07) is 16.1. The zero-order chi connectivity index (χ0) is 19.4. The number of rotatable bonds is 5. The minimum absolute atomic E-state index is 0.0824. The Kier molecular flexibility index (Phi) is 5.53. The quantitative estimate of drug-likeness (QED) is 0.852. The number of carbonyl (C=O) groups is 1. The van der Waals surface area contributed by atoms with Gasteiger partial charge >= 0.3 is 0 Å². The number of methoxy groups -OCH3 is 1. The molecule has 1 aliphatic heterocycles. The van der Waals surface area contributed by atoms with Gasteiger partial charge in [-0.3, -0.25) is 4.79 Å². The molecule has 0 radical (unpaired) electrons. The molecule has 2 aromatic rings. The summed E-state index contributed by atoms with van der Waals surface area (Å²) in [5.74, 6) is 0.825. The number of nitrogens with zero attached hydrogens (tertiary/aromatic N) is 1. The van der Waals surface area contributed by atoms with Gasteiger partial charge in [-0.2, -0.15) is 0 Å². The summed E-state index contributed by atoms with van der Waals surface area (Å²) in [6.45, 7) is 3.04. The highest BCUT2D eigenvalue weighted by molar-refractivity contribution is 6.01. The molecule has 0 spiro atoms. The van der Waals surface area contributed by atoms with Gasteiger partial charge in [0.05, 0.1) is 37.1 Å². The van der Waals surface area contributed by atoms with Crippen molar-refractivity contribution in [1.29, 1.82) is 0 Å². The number of hydrogen-bond acceptors (Lipinski definition) is 4. The van der Waals surface area contributed by atoms with E-state index >= 15 is 0 Å². The molecule has 5 nitrogen and oxygen atoms in total. The van der Waals surface area contributed by atoms with Gasteiger partial charge in [0.15, 0.2) is 0 Å². The molecule has 0 unspecified atom stereocenters. The van der Waals surface area contributed by atoms with Gasteiger partial charge in [-0.1, -0.05) is 43.2 Å². The third-order valence-corrected chi connectivity index (χ3v) is 6.02. The second-order valence-corrected chi connectivity index (χ2v) is 7.59. The summed E-state index contributed by atoms with van der Waals surface area (Å²) in [7, 11) is 1.65. The van der Waals surface area contributed by atoms with Crippen molar-refractivity contribution in [2.45, 2.75) is 31.1 Å². The van der Waals surface area contributed by atoms with Crippen molar-refractivity contribution < 1.29 is 14.3 Å².